The Bertz CT molecular complexity index is 327. The summed E-state index contributed by atoms with van der Waals surface area (Å²) in [4.78, 5) is 21.2. The lowest BCUT2D eigenvalue weighted by atomic mass is 10.3. The van der Waals surface area contributed by atoms with Crippen LogP contribution in [-0.4, -0.2) is 16.9 Å². The number of aliphatic carboxylic acids is 1. The maximum atomic E-state index is 10.8. The molecule has 0 unspecified atom stereocenters. The van der Waals surface area contributed by atoms with Gasteiger partial charge in [0.25, 0.3) is 5.78 Å². The topological polar surface area (TPSA) is 54.4 Å². The first-order valence-electron chi connectivity index (χ1n) is 2.75. The molecule has 1 rings (SSSR count). The summed E-state index contributed by atoms with van der Waals surface area (Å²) < 4.78 is 0.915. The molecule has 0 atom stereocenters. The molecule has 0 aliphatic carbocycles. The molecule has 0 bridgehead atoms. The van der Waals surface area contributed by atoms with Crippen LogP contribution < -0.4 is 0 Å². The minimum absolute atomic E-state index is 0.124. The Kier molecular flexibility index (Phi) is 2.87. The molecule has 0 aliphatic rings. The van der Waals surface area contributed by atoms with Crippen molar-refractivity contribution in [1.29, 1.82) is 0 Å². The summed E-state index contributed by atoms with van der Waals surface area (Å²) in [7, 11) is 0. The molecule has 1 aromatic heterocycles. The van der Waals surface area contributed by atoms with Crippen LogP contribution in [0.15, 0.2) is 10.5 Å². The van der Waals surface area contributed by atoms with Gasteiger partial charge in [0.1, 0.15) is 4.34 Å². The number of thiophene rings is 1. The lowest BCUT2D eigenvalue weighted by Crippen LogP contribution is -2.10. The third-order valence-corrected chi connectivity index (χ3v) is 3.54. The van der Waals surface area contributed by atoms with Crippen molar-refractivity contribution in [2.45, 2.75) is 0 Å². The fourth-order valence-electron chi connectivity index (χ4n) is 0.564. The molecule has 0 spiro atoms. The molecule has 0 amide bonds. The second-order valence-electron chi connectivity index (χ2n) is 1.87. The number of ketones is 1. The van der Waals surface area contributed by atoms with Gasteiger partial charge in [0.05, 0.1) is 4.88 Å². The molecule has 1 heterocycles. The van der Waals surface area contributed by atoms with Crippen LogP contribution in [-0.2, 0) is 4.79 Å². The smallest absolute Gasteiger partial charge is 0.378 e. The van der Waals surface area contributed by atoms with Crippen LogP contribution in [0.3, 0.4) is 0 Å². The number of carbonyl (C=O) groups excluding carboxylic acids is 1. The van der Waals surface area contributed by atoms with E-state index in [1.165, 1.54) is 6.07 Å². The van der Waals surface area contributed by atoms with E-state index in [-0.39, 0.29) is 4.88 Å². The van der Waals surface area contributed by atoms with Crippen molar-refractivity contribution in [3.63, 3.8) is 0 Å². The van der Waals surface area contributed by atoms with Gasteiger partial charge in [0.2, 0.25) is 0 Å². The SMILES string of the molecule is O=C(O)C(=O)c1cc(Br)c(Cl)s1. The summed E-state index contributed by atoms with van der Waals surface area (Å²) in [5, 5.41) is 8.33. The van der Waals surface area contributed by atoms with E-state index in [0.29, 0.717) is 8.81 Å². The molecule has 0 fully saturated rings. The first-order chi connectivity index (χ1) is 5.52. The Morgan fingerprint density at radius 1 is 1.58 bits per heavy atom. The highest BCUT2D eigenvalue weighted by atomic mass is 79.9. The number of halogens is 2. The number of carboxylic acids is 1. The van der Waals surface area contributed by atoms with Gasteiger partial charge in [0, 0.05) is 4.47 Å². The Hall–Kier alpha value is -0.390. The summed E-state index contributed by atoms with van der Waals surface area (Å²) in [6, 6.07) is 1.39. The summed E-state index contributed by atoms with van der Waals surface area (Å²) in [6.07, 6.45) is 0. The largest absolute Gasteiger partial charge is 0.475 e. The zero-order chi connectivity index (χ0) is 9.30. The average molecular weight is 270 g/mol. The van der Waals surface area contributed by atoms with Crippen molar-refractivity contribution in [2.24, 2.45) is 0 Å². The van der Waals surface area contributed by atoms with Crippen LogP contribution in [0.5, 0.6) is 0 Å². The molecule has 0 radical (unpaired) electrons. The van der Waals surface area contributed by atoms with Crippen molar-refractivity contribution < 1.29 is 14.7 Å². The predicted molar refractivity (Wildman–Crippen MR) is 49.0 cm³/mol. The zero-order valence-corrected chi connectivity index (χ0v) is 8.66. The maximum absolute atomic E-state index is 10.8. The molecule has 0 aliphatic heterocycles. The summed E-state index contributed by atoms with van der Waals surface area (Å²) in [6.45, 7) is 0. The first kappa shape index (κ1) is 9.70. The molecule has 1 aromatic rings. The highest BCUT2D eigenvalue weighted by molar-refractivity contribution is 9.10. The second kappa shape index (κ2) is 3.55. The van der Waals surface area contributed by atoms with E-state index in [0.717, 1.165) is 11.3 Å². The molecule has 1 N–H and O–H groups in total. The van der Waals surface area contributed by atoms with E-state index in [1.54, 1.807) is 0 Å². The Morgan fingerprint density at radius 3 is 2.50 bits per heavy atom. The minimum Gasteiger partial charge on any atom is -0.475 e. The maximum Gasteiger partial charge on any atom is 0.378 e. The highest BCUT2D eigenvalue weighted by Crippen LogP contribution is 2.32. The molecule has 12 heavy (non-hydrogen) atoms. The quantitative estimate of drug-likeness (QED) is 0.663. The lowest BCUT2D eigenvalue weighted by molar-refractivity contribution is -0.131. The number of hydrogen-bond acceptors (Lipinski definition) is 3. The van der Waals surface area contributed by atoms with E-state index in [9.17, 15) is 9.59 Å². The van der Waals surface area contributed by atoms with Gasteiger partial charge in [-0.2, -0.15) is 0 Å². The number of rotatable bonds is 2. The first-order valence-corrected chi connectivity index (χ1v) is 4.73. The summed E-state index contributed by atoms with van der Waals surface area (Å²) in [5.74, 6) is -2.41. The van der Waals surface area contributed by atoms with Gasteiger partial charge in [-0.1, -0.05) is 11.6 Å². The monoisotopic (exact) mass is 268 g/mol. The van der Waals surface area contributed by atoms with Gasteiger partial charge in [-0.15, -0.1) is 11.3 Å². The number of carboxylic acid groups (broad SMARTS) is 1. The van der Waals surface area contributed by atoms with Gasteiger partial charge >= 0.3 is 5.97 Å². The van der Waals surface area contributed by atoms with Crippen LogP contribution >= 0.6 is 38.9 Å². The summed E-state index contributed by atoms with van der Waals surface area (Å²) >= 11 is 9.61. The highest BCUT2D eigenvalue weighted by Gasteiger charge is 2.18. The van der Waals surface area contributed by atoms with Crippen LogP contribution in [0.2, 0.25) is 4.34 Å². The standard InChI is InChI=1S/C6H2BrClO3S/c7-2-1-3(12-5(2)8)4(9)6(10)11/h1H,(H,10,11). The third kappa shape index (κ3) is 1.85. The minimum atomic E-state index is -1.47. The zero-order valence-electron chi connectivity index (χ0n) is 5.51. The van der Waals surface area contributed by atoms with Gasteiger partial charge < -0.3 is 5.11 Å². The van der Waals surface area contributed by atoms with Crippen LogP contribution in [0.25, 0.3) is 0 Å². The van der Waals surface area contributed by atoms with Crippen LogP contribution in [0.4, 0.5) is 0 Å². The van der Waals surface area contributed by atoms with Crippen LogP contribution in [0, 0.1) is 0 Å². The van der Waals surface area contributed by atoms with E-state index in [4.69, 9.17) is 16.7 Å². The number of Topliss-reactive ketones (excluding diaryl/α,β-unsaturated/α-hetero) is 1. The third-order valence-electron chi connectivity index (χ3n) is 1.06. The van der Waals surface area contributed by atoms with Crippen molar-refractivity contribution >= 4 is 50.6 Å². The fourth-order valence-corrected chi connectivity index (χ4v) is 2.20. The number of hydrogen-bond donors (Lipinski definition) is 1. The van der Waals surface area contributed by atoms with E-state index in [2.05, 4.69) is 15.9 Å². The van der Waals surface area contributed by atoms with Crippen molar-refractivity contribution in [3.8, 4) is 0 Å². The van der Waals surface area contributed by atoms with Gasteiger partial charge in [-0.05, 0) is 22.0 Å². The molecule has 64 valence electrons. The lowest BCUT2D eigenvalue weighted by Gasteiger charge is -1.85. The van der Waals surface area contributed by atoms with Crippen LogP contribution in [0.1, 0.15) is 9.67 Å². The van der Waals surface area contributed by atoms with Crippen molar-refractivity contribution in [1.82, 2.24) is 0 Å². The molecular weight excluding hydrogens is 267 g/mol. The van der Waals surface area contributed by atoms with Crippen molar-refractivity contribution in [3.05, 3.63) is 19.8 Å². The molecule has 0 aromatic carbocycles. The normalized spacial score (nSPS) is 9.83. The molecule has 0 saturated carbocycles. The van der Waals surface area contributed by atoms with E-state index in [1.807, 2.05) is 0 Å². The molecular formula is C6H2BrClO3S. The fraction of sp³-hybridized carbons (Fsp3) is 0. The van der Waals surface area contributed by atoms with E-state index >= 15 is 0 Å². The van der Waals surface area contributed by atoms with Crippen molar-refractivity contribution in [2.75, 3.05) is 0 Å². The Morgan fingerprint density at radius 2 is 2.17 bits per heavy atom. The second-order valence-corrected chi connectivity index (χ2v) is 4.38. The molecule has 3 nitrogen and oxygen atoms in total. The number of carbonyl (C=O) groups is 2. The Labute approximate surface area is 85.1 Å². The van der Waals surface area contributed by atoms with Gasteiger partial charge in [-0.3, -0.25) is 4.79 Å². The predicted octanol–water partition coefficient (Wildman–Crippen LogP) is 2.43. The van der Waals surface area contributed by atoms with Gasteiger partial charge in [-0.25, -0.2) is 4.79 Å². The van der Waals surface area contributed by atoms with Gasteiger partial charge in [0.15, 0.2) is 0 Å². The van der Waals surface area contributed by atoms with E-state index < -0.39 is 11.8 Å². The average Bonchev–Trinajstić information content (AvgIpc) is 2.30. The molecule has 0 saturated heterocycles. The summed E-state index contributed by atoms with van der Waals surface area (Å²) in [5.41, 5.74) is 0. The molecule has 6 heteroatoms. The Balaban J connectivity index is 3.05.